The molecule has 2 aliphatic rings. The van der Waals surface area contributed by atoms with E-state index in [2.05, 4.69) is 29.7 Å². The number of fused-ring (bicyclic) bond motifs is 1. The molecule has 0 bridgehead atoms. The van der Waals surface area contributed by atoms with Gasteiger partial charge in [-0.15, -0.1) is 0 Å². The summed E-state index contributed by atoms with van der Waals surface area (Å²) in [4.78, 5) is 11.5. The van der Waals surface area contributed by atoms with Crippen LogP contribution >= 0.6 is 0 Å². The van der Waals surface area contributed by atoms with E-state index in [0.717, 1.165) is 24.4 Å². The number of amides is 1. The van der Waals surface area contributed by atoms with Crippen LogP contribution in [-0.4, -0.2) is 19.1 Å². The van der Waals surface area contributed by atoms with Gasteiger partial charge in [0.1, 0.15) is 5.75 Å². The van der Waals surface area contributed by atoms with Crippen LogP contribution in [0, 0.1) is 5.92 Å². The molecule has 0 saturated heterocycles. The summed E-state index contributed by atoms with van der Waals surface area (Å²) >= 11 is 0. The minimum absolute atomic E-state index is 0.0708. The maximum Gasteiger partial charge on any atom is 0.262 e. The normalized spacial score (nSPS) is 19.8. The van der Waals surface area contributed by atoms with E-state index in [-0.39, 0.29) is 12.5 Å². The third-order valence-corrected chi connectivity index (χ3v) is 4.48. The summed E-state index contributed by atoms with van der Waals surface area (Å²) in [6, 6.07) is 6.59. The molecule has 0 spiro atoms. The van der Waals surface area contributed by atoms with Gasteiger partial charge >= 0.3 is 0 Å². The van der Waals surface area contributed by atoms with Gasteiger partial charge in [-0.25, -0.2) is 0 Å². The second-order valence-electron chi connectivity index (χ2n) is 6.07. The number of rotatable bonds is 5. The van der Waals surface area contributed by atoms with Crippen molar-refractivity contribution in [3.63, 3.8) is 0 Å². The fourth-order valence-electron chi connectivity index (χ4n) is 3.44. The van der Waals surface area contributed by atoms with E-state index in [9.17, 15) is 4.79 Å². The highest BCUT2D eigenvalue weighted by Crippen LogP contribution is 2.38. The first-order chi connectivity index (χ1) is 10.3. The van der Waals surface area contributed by atoms with Crippen LogP contribution in [-0.2, 0) is 4.79 Å². The van der Waals surface area contributed by atoms with Gasteiger partial charge in [-0.05, 0) is 49.4 Å². The molecule has 1 unspecified atom stereocenters. The van der Waals surface area contributed by atoms with Crippen LogP contribution in [0.15, 0.2) is 18.2 Å². The summed E-state index contributed by atoms with van der Waals surface area (Å²) in [7, 11) is 0. The second kappa shape index (κ2) is 6.48. The van der Waals surface area contributed by atoms with Crippen LogP contribution < -0.4 is 15.4 Å². The minimum Gasteiger partial charge on any atom is -0.482 e. The summed E-state index contributed by atoms with van der Waals surface area (Å²) < 4.78 is 5.44. The van der Waals surface area contributed by atoms with Crippen molar-refractivity contribution >= 4 is 11.6 Å². The zero-order chi connectivity index (χ0) is 14.7. The molecule has 4 heteroatoms. The molecule has 114 valence electrons. The van der Waals surface area contributed by atoms with Crippen LogP contribution in [0.25, 0.3) is 0 Å². The van der Waals surface area contributed by atoms with Gasteiger partial charge in [-0.3, -0.25) is 4.79 Å². The molecule has 1 fully saturated rings. The SMILES string of the molecule is CCCNC(c1ccc2c(c1)NC(=O)CO2)C1CCCC1. The molecule has 1 amide bonds. The number of benzene rings is 1. The molecule has 1 saturated carbocycles. The van der Waals surface area contributed by atoms with Crippen LogP contribution in [0.4, 0.5) is 5.69 Å². The summed E-state index contributed by atoms with van der Waals surface area (Å²) in [5.74, 6) is 1.41. The van der Waals surface area contributed by atoms with Crippen molar-refractivity contribution in [2.45, 2.75) is 45.1 Å². The van der Waals surface area contributed by atoms with E-state index >= 15 is 0 Å². The molecule has 1 aliphatic heterocycles. The number of carbonyl (C=O) groups is 1. The molecule has 4 nitrogen and oxygen atoms in total. The van der Waals surface area contributed by atoms with E-state index in [0.29, 0.717) is 12.0 Å². The van der Waals surface area contributed by atoms with Crippen LogP contribution in [0.5, 0.6) is 5.75 Å². The highest BCUT2D eigenvalue weighted by Gasteiger charge is 2.27. The van der Waals surface area contributed by atoms with E-state index < -0.39 is 0 Å². The Kier molecular flexibility index (Phi) is 4.44. The highest BCUT2D eigenvalue weighted by atomic mass is 16.5. The number of hydrogen-bond acceptors (Lipinski definition) is 3. The Labute approximate surface area is 126 Å². The lowest BCUT2D eigenvalue weighted by Gasteiger charge is -2.27. The molecule has 0 aromatic heterocycles. The van der Waals surface area contributed by atoms with Crippen LogP contribution in [0.1, 0.15) is 50.6 Å². The predicted molar refractivity (Wildman–Crippen MR) is 83.6 cm³/mol. The average molecular weight is 288 g/mol. The van der Waals surface area contributed by atoms with Gasteiger partial charge in [0.2, 0.25) is 0 Å². The summed E-state index contributed by atoms with van der Waals surface area (Å²) in [5, 5.41) is 6.60. The lowest BCUT2D eigenvalue weighted by atomic mass is 9.91. The molecule has 0 radical (unpaired) electrons. The summed E-state index contributed by atoms with van der Waals surface area (Å²) in [6.45, 7) is 3.34. The first kappa shape index (κ1) is 14.4. The average Bonchev–Trinajstić information content (AvgIpc) is 3.01. The minimum atomic E-state index is -0.0708. The van der Waals surface area contributed by atoms with Gasteiger partial charge in [0.25, 0.3) is 5.91 Å². The van der Waals surface area contributed by atoms with Gasteiger partial charge < -0.3 is 15.4 Å². The van der Waals surface area contributed by atoms with Crippen molar-refractivity contribution in [3.8, 4) is 5.75 Å². The third-order valence-electron chi connectivity index (χ3n) is 4.48. The zero-order valence-electron chi connectivity index (χ0n) is 12.7. The quantitative estimate of drug-likeness (QED) is 0.874. The van der Waals surface area contributed by atoms with Crippen LogP contribution in [0.2, 0.25) is 0 Å². The molecule has 1 aliphatic carbocycles. The van der Waals surface area contributed by atoms with E-state index in [1.54, 1.807) is 0 Å². The lowest BCUT2D eigenvalue weighted by molar-refractivity contribution is -0.118. The van der Waals surface area contributed by atoms with Crippen molar-refractivity contribution in [2.24, 2.45) is 5.92 Å². The molecule has 21 heavy (non-hydrogen) atoms. The number of anilines is 1. The predicted octanol–water partition coefficient (Wildman–Crippen LogP) is 3.25. The summed E-state index contributed by atoms with van der Waals surface area (Å²) in [6.07, 6.45) is 6.39. The molecular weight excluding hydrogens is 264 g/mol. The number of hydrogen-bond donors (Lipinski definition) is 2. The van der Waals surface area contributed by atoms with Gasteiger partial charge in [0.05, 0.1) is 5.69 Å². The molecular formula is C17H24N2O2. The molecule has 1 aromatic carbocycles. The standard InChI is InChI=1S/C17H24N2O2/c1-2-9-18-17(12-5-3-4-6-12)13-7-8-15-14(10-13)19-16(20)11-21-15/h7-8,10,12,17-18H,2-6,9,11H2,1H3,(H,19,20). The Morgan fingerprint density at radius 1 is 1.38 bits per heavy atom. The van der Waals surface area contributed by atoms with E-state index in [1.807, 2.05) is 6.07 Å². The largest absolute Gasteiger partial charge is 0.482 e. The Morgan fingerprint density at radius 2 is 2.19 bits per heavy atom. The van der Waals surface area contributed by atoms with Crippen molar-refractivity contribution in [2.75, 3.05) is 18.5 Å². The molecule has 1 heterocycles. The van der Waals surface area contributed by atoms with Crippen molar-refractivity contribution in [3.05, 3.63) is 23.8 Å². The number of ether oxygens (including phenoxy) is 1. The Hall–Kier alpha value is -1.55. The van der Waals surface area contributed by atoms with Gasteiger partial charge in [-0.1, -0.05) is 25.8 Å². The third kappa shape index (κ3) is 3.21. The highest BCUT2D eigenvalue weighted by molar-refractivity contribution is 5.95. The number of carbonyl (C=O) groups excluding carboxylic acids is 1. The van der Waals surface area contributed by atoms with Gasteiger partial charge in [0.15, 0.2) is 6.61 Å². The van der Waals surface area contributed by atoms with Crippen molar-refractivity contribution in [1.82, 2.24) is 5.32 Å². The van der Waals surface area contributed by atoms with E-state index in [4.69, 9.17) is 4.74 Å². The monoisotopic (exact) mass is 288 g/mol. The maximum absolute atomic E-state index is 11.5. The summed E-state index contributed by atoms with van der Waals surface area (Å²) in [5.41, 5.74) is 2.07. The lowest BCUT2D eigenvalue weighted by Crippen LogP contribution is -2.29. The van der Waals surface area contributed by atoms with Crippen molar-refractivity contribution in [1.29, 1.82) is 0 Å². The topological polar surface area (TPSA) is 50.4 Å². The fraction of sp³-hybridized carbons (Fsp3) is 0.588. The molecule has 1 aromatic rings. The zero-order valence-corrected chi connectivity index (χ0v) is 12.7. The Bertz CT molecular complexity index is 510. The molecule has 1 atom stereocenters. The molecule has 3 rings (SSSR count). The maximum atomic E-state index is 11.5. The first-order valence-corrected chi connectivity index (χ1v) is 8.08. The van der Waals surface area contributed by atoms with Crippen LogP contribution in [0.3, 0.4) is 0 Å². The Morgan fingerprint density at radius 3 is 2.95 bits per heavy atom. The fourth-order valence-corrected chi connectivity index (χ4v) is 3.44. The molecule has 2 N–H and O–H groups in total. The van der Waals surface area contributed by atoms with E-state index in [1.165, 1.54) is 31.2 Å². The second-order valence-corrected chi connectivity index (χ2v) is 6.07. The van der Waals surface area contributed by atoms with Gasteiger partial charge in [0, 0.05) is 6.04 Å². The first-order valence-electron chi connectivity index (χ1n) is 8.08. The smallest absolute Gasteiger partial charge is 0.262 e. The van der Waals surface area contributed by atoms with Gasteiger partial charge in [-0.2, -0.15) is 0 Å². The Balaban J connectivity index is 1.84. The number of nitrogens with one attached hydrogen (secondary N) is 2. The van der Waals surface area contributed by atoms with Crippen molar-refractivity contribution < 1.29 is 9.53 Å².